The van der Waals surface area contributed by atoms with E-state index in [1.807, 2.05) is 31.2 Å². The minimum Gasteiger partial charge on any atom is -0.384 e. The first-order chi connectivity index (χ1) is 7.98. The van der Waals surface area contributed by atoms with Gasteiger partial charge in [0.25, 0.3) is 0 Å². The van der Waals surface area contributed by atoms with Gasteiger partial charge in [0.1, 0.15) is 5.60 Å². The van der Waals surface area contributed by atoms with Crippen molar-refractivity contribution < 1.29 is 5.11 Å². The van der Waals surface area contributed by atoms with Crippen molar-refractivity contribution in [3.63, 3.8) is 0 Å². The van der Waals surface area contributed by atoms with Gasteiger partial charge < -0.3 is 10.4 Å². The minimum atomic E-state index is -0.779. The molecular formula is C14H22BrNO. The summed E-state index contributed by atoms with van der Waals surface area (Å²) >= 11 is 3.44. The molecule has 0 saturated carbocycles. The molecule has 0 amide bonds. The maximum absolute atomic E-state index is 10.6. The molecule has 0 radical (unpaired) electrons. The van der Waals surface area contributed by atoms with Crippen molar-refractivity contribution in [2.24, 2.45) is 5.92 Å². The molecule has 1 unspecified atom stereocenters. The van der Waals surface area contributed by atoms with Crippen LogP contribution in [0.3, 0.4) is 0 Å². The number of benzene rings is 1. The fourth-order valence-corrected chi connectivity index (χ4v) is 2.18. The third-order valence-corrected chi connectivity index (χ3v) is 3.41. The van der Waals surface area contributed by atoms with Crippen molar-refractivity contribution in [2.45, 2.75) is 32.8 Å². The number of nitrogens with one attached hydrogen (secondary N) is 1. The summed E-state index contributed by atoms with van der Waals surface area (Å²) in [5.74, 6) is 0.596. The summed E-state index contributed by atoms with van der Waals surface area (Å²) in [6.45, 7) is 7.86. The third kappa shape index (κ3) is 4.41. The second-order valence-corrected chi connectivity index (χ2v) is 5.84. The Labute approximate surface area is 113 Å². The van der Waals surface area contributed by atoms with E-state index in [4.69, 9.17) is 0 Å². The standard InChI is InChI=1S/C14H22BrNO/c1-4-14(17,10-16-9-11(2)3)12-6-5-7-13(15)8-12/h5-8,11,16-17H,4,9-10H2,1-3H3. The topological polar surface area (TPSA) is 32.3 Å². The van der Waals surface area contributed by atoms with Gasteiger partial charge in [-0.1, -0.05) is 48.8 Å². The zero-order valence-electron chi connectivity index (χ0n) is 10.8. The van der Waals surface area contributed by atoms with Crippen LogP contribution in [0, 0.1) is 5.92 Å². The smallest absolute Gasteiger partial charge is 0.102 e. The van der Waals surface area contributed by atoms with Crippen LogP contribution < -0.4 is 5.32 Å². The van der Waals surface area contributed by atoms with Crippen LogP contribution in [0.25, 0.3) is 0 Å². The maximum atomic E-state index is 10.6. The van der Waals surface area contributed by atoms with Gasteiger partial charge in [0.15, 0.2) is 0 Å². The summed E-state index contributed by atoms with van der Waals surface area (Å²) < 4.78 is 1.01. The summed E-state index contributed by atoms with van der Waals surface area (Å²) in [7, 11) is 0. The predicted octanol–water partition coefficient (Wildman–Crippen LogP) is 3.29. The molecule has 1 rings (SSSR count). The van der Waals surface area contributed by atoms with Crippen molar-refractivity contribution >= 4 is 15.9 Å². The summed E-state index contributed by atoms with van der Waals surface area (Å²) in [4.78, 5) is 0. The molecule has 1 aromatic rings. The molecule has 17 heavy (non-hydrogen) atoms. The predicted molar refractivity (Wildman–Crippen MR) is 76.0 cm³/mol. The van der Waals surface area contributed by atoms with E-state index >= 15 is 0 Å². The van der Waals surface area contributed by atoms with Crippen molar-refractivity contribution in [1.29, 1.82) is 0 Å². The van der Waals surface area contributed by atoms with Crippen LogP contribution in [0.2, 0.25) is 0 Å². The Morgan fingerprint density at radius 2 is 2.12 bits per heavy atom. The lowest BCUT2D eigenvalue weighted by molar-refractivity contribution is 0.0321. The summed E-state index contributed by atoms with van der Waals surface area (Å²) in [5.41, 5.74) is 0.184. The second-order valence-electron chi connectivity index (χ2n) is 4.92. The van der Waals surface area contributed by atoms with E-state index in [0.717, 1.165) is 16.6 Å². The van der Waals surface area contributed by atoms with Crippen molar-refractivity contribution in [3.05, 3.63) is 34.3 Å². The fourth-order valence-electron chi connectivity index (χ4n) is 1.78. The van der Waals surface area contributed by atoms with E-state index in [2.05, 4.69) is 35.1 Å². The van der Waals surface area contributed by atoms with Crippen LogP contribution in [0.1, 0.15) is 32.8 Å². The molecule has 96 valence electrons. The van der Waals surface area contributed by atoms with Gasteiger partial charge in [0.2, 0.25) is 0 Å². The van der Waals surface area contributed by atoms with Crippen molar-refractivity contribution in [3.8, 4) is 0 Å². The molecule has 2 N–H and O–H groups in total. The second kappa shape index (κ2) is 6.53. The average molecular weight is 300 g/mol. The Morgan fingerprint density at radius 1 is 1.41 bits per heavy atom. The third-order valence-electron chi connectivity index (χ3n) is 2.92. The van der Waals surface area contributed by atoms with Crippen LogP contribution in [0.15, 0.2) is 28.7 Å². The van der Waals surface area contributed by atoms with Crippen LogP contribution in [-0.2, 0) is 5.60 Å². The molecule has 0 aliphatic heterocycles. The highest BCUT2D eigenvalue weighted by Gasteiger charge is 2.26. The number of hydrogen-bond acceptors (Lipinski definition) is 2. The quantitative estimate of drug-likeness (QED) is 0.845. The molecule has 1 atom stereocenters. The highest BCUT2D eigenvalue weighted by Crippen LogP contribution is 2.26. The Balaban J connectivity index is 2.73. The van der Waals surface area contributed by atoms with E-state index in [-0.39, 0.29) is 0 Å². The van der Waals surface area contributed by atoms with Gasteiger partial charge in [-0.05, 0) is 36.6 Å². The monoisotopic (exact) mass is 299 g/mol. The average Bonchev–Trinajstić information content (AvgIpc) is 2.28. The summed E-state index contributed by atoms with van der Waals surface area (Å²) in [6, 6.07) is 7.90. The zero-order chi connectivity index (χ0) is 12.9. The van der Waals surface area contributed by atoms with Gasteiger partial charge in [0, 0.05) is 11.0 Å². The molecule has 2 nitrogen and oxygen atoms in total. The normalized spacial score (nSPS) is 14.9. The number of rotatable bonds is 6. The van der Waals surface area contributed by atoms with E-state index in [0.29, 0.717) is 18.9 Å². The van der Waals surface area contributed by atoms with Crippen LogP contribution >= 0.6 is 15.9 Å². The highest BCUT2D eigenvalue weighted by atomic mass is 79.9. The van der Waals surface area contributed by atoms with Crippen molar-refractivity contribution in [1.82, 2.24) is 5.32 Å². The molecule has 0 heterocycles. The first-order valence-electron chi connectivity index (χ1n) is 6.17. The van der Waals surface area contributed by atoms with E-state index in [1.165, 1.54) is 0 Å². The molecular weight excluding hydrogens is 278 g/mol. The molecule has 0 saturated heterocycles. The first-order valence-corrected chi connectivity index (χ1v) is 6.96. The lowest BCUT2D eigenvalue weighted by Gasteiger charge is -2.28. The van der Waals surface area contributed by atoms with Crippen molar-refractivity contribution in [2.75, 3.05) is 13.1 Å². The molecule has 0 aliphatic carbocycles. The van der Waals surface area contributed by atoms with Gasteiger partial charge >= 0.3 is 0 Å². The fraction of sp³-hybridized carbons (Fsp3) is 0.571. The Kier molecular flexibility index (Phi) is 5.63. The Bertz CT molecular complexity index is 354. The first kappa shape index (κ1) is 14.7. The molecule has 0 fully saturated rings. The van der Waals surface area contributed by atoms with Crippen LogP contribution in [0.5, 0.6) is 0 Å². The Hall–Kier alpha value is -0.380. The Morgan fingerprint density at radius 3 is 2.65 bits per heavy atom. The zero-order valence-corrected chi connectivity index (χ0v) is 12.4. The van der Waals surface area contributed by atoms with Gasteiger partial charge in [-0.3, -0.25) is 0 Å². The van der Waals surface area contributed by atoms with E-state index < -0.39 is 5.60 Å². The summed E-state index contributed by atoms with van der Waals surface area (Å²) in [6.07, 6.45) is 0.703. The van der Waals surface area contributed by atoms with E-state index in [1.54, 1.807) is 0 Å². The number of halogens is 1. The lowest BCUT2D eigenvalue weighted by atomic mass is 9.91. The van der Waals surface area contributed by atoms with Gasteiger partial charge in [-0.2, -0.15) is 0 Å². The van der Waals surface area contributed by atoms with Gasteiger partial charge in [-0.25, -0.2) is 0 Å². The highest BCUT2D eigenvalue weighted by molar-refractivity contribution is 9.10. The minimum absolute atomic E-state index is 0.595. The molecule has 3 heteroatoms. The molecule has 0 spiro atoms. The largest absolute Gasteiger partial charge is 0.384 e. The number of aliphatic hydroxyl groups is 1. The molecule has 0 aliphatic rings. The molecule has 0 aromatic heterocycles. The molecule has 0 bridgehead atoms. The SMILES string of the molecule is CCC(O)(CNCC(C)C)c1cccc(Br)c1. The lowest BCUT2D eigenvalue weighted by Crippen LogP contribution is -2.39. The van der Waals surface area contributed by atoms with Crippen LogP contribution in [0.4, 0.5) is 0 Å². The maximum Gasteiger partial charge on any atom is 0.102 e. The summed E-state index contributed by atoms with van der Waals surface area (Å²) in [5, 5.41) is 14.0. The van der Waals surface area contributed by atoms with Gasteiger partial charge in [-0.15, -0.1) is 0 Å². The van der Waals surface area contributed by atoms with Gasteiger partial charge in [0.05, 0.1) is 0 Å². The molecule has 1 aromatic carbocycles. The van der Waals surface area contributed by atoms with Crippen LogP contribution in [-0.4, -0.2) is 18.2 Å². The van der Waals surface area contributed by atoms with E-state index in [9.17, 15) is 5.11 Å². The number of hydrogen-bond donors (Lipinski definition) is 2.